The second-order valence-electron chi connectivity index (χ2n) is 7.28. The predicted molar refractivity (Wildman–Crippen MR) is 96.8 cm³/mol. The normalized spacial score (nSPS) is 27.3. The van der Waals surface area contributed by atoms with E-state index in [0.29, 0.717) is 31.7 Å². The van der Waals surface area contributed by atoms with E-state index in [1.54, 1.807) is 17.3 Å². The van der Waals surface area contributed by atoms with Crippen LogP contribution in [0.4, 0.5) is 4.79 Å². The third kappa shape index (κ3) is 3.65. The summed E-state index contributed by atoms with van der Waals surface area (Å²) < 4.78 is 11.2. The summed E-state index contributed by atoms with van der Waals surface area (Å²) >= 11 is 0. The number of piperidine rings is 1. The monoisotopic (exact) mass is 369 g/mol. The van der Waals surface area contributed by atoms with Gasteiger partial charge in [0, 0.05) is 19.0 Å². The minimum Gasteiger partial charge on any atom is -0.445 e. The molecule has 7 heteroatoms. The lowest BCUT2D eigenvalue weighted by molar-refractivity contribution is -0.138. The third-order valence-electron chi connectivity index (χ3n) is 5.20. The van der Waals surface area contributed by atoms with Crippen LogP contribution in [0.5, 0.6) is 0 Å². The van der Waals surface area contributed by atoms with Gasteiger partial charge in [0.05, 0.1) is 42.9 Å². The lowest BCUT2D eigenvalue weighted by Crippen LogP contribution is -2.62. The van der Waals surface area contributed by atoms with Gasteiger partial charge in [0.2, 0.25) is 0 Å². The smallest absolute Gasteiger partial charge is 0.410 e. The van der Waals surface area contributed by atoms with Gasteiger partial charge in [-0.25, -0.2) is 4.79 Å². The Kier molecular flexibility index (Phi) is 4.80. The SMILES string of the molecule is Cc1cncc(C2(O)CC3COCC(C2)N3C(=O)OCc2ccccc2)n1. The Balaban J connectivity index is 1.49. The maximum atomic E-state index is 12.7. The number of aliphatic hydroxyl groups is 1. The Labute approximate surface area is 158 Å². The number of benzene rings is 1. The summed E-state index contributed by atoms with van der Waals surface area (Å²) in [5.41, 5.74) is 1.13. The van der Waals surface area contributed by atoms with E-state index in [9.17, 15) is 9.90 Å². The second-order valence-corrected chi connectivity index (χ2v) is 7.28. The van der Waals surface area contributed by atoms with Crippen LogP contribution in [0, 0.1) is 6.92 Å². The quantitative estimate of drug-likeness (QED) is 0.893. The number of morpholine rings is 1. The van der Waals surface area contributed by atoms with Crippen LogP contribution in [0.3, 0.4) is 0 Å². The number of rotatable bonds is 3. The second kappa shape index (κ2) is 7.25. The van der Waals surface area contributed by atoms with Crippen molar-refractivity contribution in [3.05, 3.63) is 59.7 Å². The molecule has 142 valence electrons. The van der Waals surface area contributed by atoms with Crippen molar-refractivity contribution >= 4 is 6.09 Å². The fraction of sp³-hybridized carbons (Fsp3) is 0.450. The number of hydrogen-bond donors (Lipinski definition) is 1. The fourth-order valence-electron chi connectivity index (χ4n) is 3.97. The van der Waals surface area contributed by atoms with Crippen molar-refractivity contribution < 1.29 is 19.4 Å². The Bertz CT molecular complexity index is 800. The molecule has 1 aromatic heterocycles. The van der Waals surface area contributed by atoms with Crippen LogP contribution in [0.25, 0.3) is 0 Å². The van der Waals surface area contributed by atoms with Crippen molar-refractivity contribution in [1.82, 2.24) is 14.9 Å². The summed E-state index contributed by atoms with van der Waals surface area (Å²) in [5, 5.41) is 11.2. The van der Waals surface area contributed by atoms with Crippen molar-refractivity contribution in [3.8, 4) is 0 Å². The molecule has 0 radical (unpaired) electrons. The summed E-state index contributed by atoms with van der Waals surface area (Å²) in [6.07, 6.45) is 3.60. The van der Waals surface area contributed by atoms with E-state index in [1.807, 2.05) is 37.3 Å². The summed E-state index contributed by atoms with van der Waals surface area (Å²) in [6.45, 7) is 2.82. The molecule has 3 heterocycles. The van der Waals surface area contributed by atoms with E-state index < -0.39 is 5.60 Å². The molecule has 7 nitrogen and oxygen atoms in total. The molecule has 2 atom stereocenters. The number of aromatic nitrogens is 2. The van der Waals surface area contributed by atoms with Gasteiger partial charge in [-0.05, 0) is 12.5 Å². The van der Waals surface area contributed by atoms with Crippen LogP contribution < -0.4 is 0 Å². The van der Waals surface area contributed by atoms with E-state index in [1.165, 1.54) is 0 Å². The Morgan fingerprint density at radius 2 is 1.96 bits per heavy atom. The largest absolute Gasteiger partial charge is 0.445 e. The highest BCUT2D eigenvalue weighted by molar-refractivity contribution is 5.69. The highest BCUT2D eigenvalue weighted by atomic mass is 16.6. The molecule has 1 aromatic carbocycles. The zero-order valence-corrected chi connectivity index (χ0v) is 15.2. The van der Waals surface area contributed by atoms with E-state index in [-0.39, 0.29) is 24.8 Å². The van der Waals surface area contributed by atoms with Crippen molar-refractivity contribution in [2.24, 2.45) is 0 Å². The number of amides is 1. The molecule has 2 aromatic rings. The highest BCUT2D eigenvalue weighted by Gasteiger charge is 2.50. The summed E-state index contributed by atoms with van der Waals surface area (Å²) in [4.78, 5) is 23.1. The van der Waals surface area contributed by atoms with Gasteiger partial charge in [-0.3, -0.25) is 14.9 Å². The zero-order valence-electron chi connectivity index (χ0n) is 15.2. The molecule has 2 unspecified atom stereocenters. The summed E-state index contributed by atoms with van der Waals surface area (Å²) in [5.74, 6) is 0. The first-order chi connectivity index (χ1) is 13.0. The number of carbonyl (C=O) groups is 1. The molecule has 2 fully saturated rings. The first kappa shape index (κ1) is 17.9. The van der Waals surface area contributed by atoms with Crippen LogP contribution in [-0.4, -0.2) is 51.4 Å². The standard InChI is InChI=1S/C20H23N3O4/c1-14-9-21-10-18(22-14)20(25)7-16-12-26-13-17(8-20)23(16)19(24)27-11-15-5-3-2-4-6-15/h2-6,9-10,16-17,25H,7-8,11-13H2,1H3. The van der Waals surface area contributed by atoms with E-state index in [2.05, 4.69) is 9.97 Å². The van der Waals surface area contributed by atoms with Crippen LogP contribution in [0.1, 0.15) is 29.8 Å². The van der Waals surface area contributed by atoms with Gasteiger partial charge in [-0.15, -0.1) is 0 Å². The molecule has 4 rings (SSSR count). The number of hydrogen-bond acceptors (Lipinski definition) is 6. The van der Waals surface area contributed by atoms with Crippen LogP contribution in [0.15, 0.2) is 42.7 Å². The van der Waals surface area contributed by atoms with Crippen molar-refractivity contribution in [2.75, 3.05) is 13.2 Å². The lowest BCUT2D eigenvalue weighted by atomic mass is 9.79. The molecular formula is C20H23N3O4. The number of ether oxygens (including phenoxy) is 2. The average molecular weight is 369 g/mol. The van der Waals surface area contributed by atoms with Crippen molar-refractivity contribution in [3.63, 3.8) is 0 Å². The van der Waals surface area contributed by atoms with Gasteiger partial charge in [0.1, 0.15) is 12.2 Å². The van der Waals surface area contributed by atoms with Gasteiger partial charge >= 0.3 is 6.09 Å². The molecule has 1 amide bonds. The number of carbonyl (C=O) groups excluding carboxylic acids is 1. The molecule has 2 bridgehead atoms. The third-order valence-corrected chi connectivity index (χ3v) is 5.20. The van der Waals surface area contributed by atoms with Gasteiger partial charge < -0.3 is 14.6 Å². The maximum absolute atomic E-state index is 12.7. The van der Waals surface area contributed by atoms with Crippen molar-refractivity contribution in [1.29, 1.82) is 0 Å². The number of fused-ring (bicyclic) bond motifs is 2. The zero-order chi connectivity index (χ0) is 18.9. The molecule has 2 saturated heterocycles. The predicted octanol–water partition coefficient (Wildman–Crippen LogP) is 2.17. The summed E-state index contributed by atoms with van der Waals surface area (Å²) in [6, 6.07) is 9.07. The molecule has 2 aliphatic heterocycles. The minimum atomic E-state index is -1.12. The van der Waals surface area contributed by atoms with Gasteiger partial charge in [-0.2, -0.15) is 0 Å². The van der Waals surface area contributed by atoms with E-state index >= 15 is 0 Å². The molecule has 2 aliphatic rings. The van der Waals surface area contributed by atoms with Gasteiger partial charge in [-0.1, -0.05) is 30.3 Å². The van der Waals surface area contributed by atoms with E-state index in [0.717, 1.165) is 11.3 Å². The van der Waals surface area contributed by atoms with E-state index in [4.69, 9.17) is 9.47 Å². The van der Waals surface area contributed by atoms with Gasteiger partial charge in [0.15, 0.2) is 0 Å². The molecule has 27 heavy (non-hydrogen) atoms. The van der Waals surface area contributed by atoms with Crippen LogP contribution >= 0.6 is 0 Å². The fourth-order valence-corrected chi connectivity index (χ4v) is 3.97. The molecule has 1 N–H and O–H groups in total. The maximum Gasteiger partial charge on any atom is 0.410 e. The summed E-state index contributed by atoms with van der Waals surface area (Å²) in [7, 11) is 0. The van der Waals surface area contributed by atoms with Crippen LogP contribution in [0.2, 0.25) is 0 Å². The number of aryl methyl sites for hydroxylation is 1. The van der Waals surface area contributed by atoms with Crippen LogP contribution in [-0.2, 0) is 21.7 Å². The topological polar surface area (TPSA) is 84.8 Å². The van der Waals surface area contributed by atoms with Gasteiger partial charge in [0.25, 0.3) is 0 Å². The number of nitrogens with zero attached hydrogens (tertiary/aromatic N) is 3. The highest BCUT2D eigenvalue weighted by Crippen LogP contribution is 2.40. The Morgan fingerprint density at radius 3 is 2.63 bits per heavy atom. The molecule has 0 spiro atoms. The Morgan fingerprint density at radius 1 is 1.26 bits per heavy atom. The Hall–Kier alpha value is -2.51. The molecule has 0 aliphatic carbocycles. The first-order valence-corrected chi connectivity index (χ1v) is 9.13. The minimum absolute atomic E-state index is 0.226. The lowest BCUT2D eigenvalue weighted by Gasteiger charge is -2.50. The average Bonchev–Trinajstić information content (AvgIpc) is 2.66. The first-order valence-electron chi connectivity index (χ1n) is 9.13. The van der Waals surface area contributed by atoms with Crippen molar-refractivity contribution in [2.45, 2.75) is 44.1 Å². The molecule has 0 saturated carbocycles. The molecular weight excluding hydrogens is 346 g/mol.